The first-order chi connectivity index (χ1) is 11.0. The SMILES string of the molecule is C[Si](C)(C)CCOCn1ccc2cc3c(nc21)OCCCCN3. The van der Waals surface area contributed by atoms with Crippen molar-refractivity contribution in [3.63, 3.8) is 0 Å². The summed E-state index contributed by atoms with van der Waals surface area (Å²) in [5.41, 5.74) is 1.92. The summed E-state index contributed by atoms with van der Waals surface area (Å²) in [6.45, 7) is 10.2. The molecule has 1 aliphatic rings. The van der Waals surface area contributed by atoms with E-state index in [0.29, 0.717) is 12.6 Å². The Balaban J connectivity index is 1.73. The van der Waals surface area contributed by atoms with E-state index in [4.69, 9.17) is 14.5 Å². The Labute approximate surface area is 139 Å². The highest BCUT2D eigenvalue weighted by Crippen LogP contribution is 2.29. The largest absolute Gasteiger partial charge is 0.476 e. The van der Waals surface area contributed by atoms with Gasteiger partial charge in [-0.3, -0.25) is 0 Å². The molecule has 0 aromatic carbocycles. The highest BCUT2D eigenvalue weighted by atomic mass is 28.3. The van der Waals surface area contributed by atoms with Gasteiger partial charge in [0, 0.05) is 32.8 Å². The van der Waals surface area contributed by atoms with Crippen LogP contribution in [0.2, 0.25) is 25.7 Å². The molecule has 2 aromatic heterocycles. The summed E-state index contributed by atoms with van der Waals surface area (Å²) in [5.74, 6) is 0.708. The van der Waals surface area contributed by atoms with Crippen LogP contribution in [0.3, 0.4) is 0 Å². The number of nitrogens with zero attached hydrogens (tertiary/aromatic N) is 2. The molecule has 3 heterocycles. The number of fused-ring (bicyclic) bond motifs is 2. The molecule has 2 aromatic rings. The quantitative estimate of drug-likeness (QED) is 0.665. The van der Waals surface area contributed by atoms with E-state index < -0.39 is 8.07 Å². The number of pyridine rings is 1. The Morgan fingerprint density at radius 1 is 1.35 bits per heavy atom. The average molecular weight is 334 g/mol. The lowest BCUT2D eigenvalue weighted by molar-refractivity contribution is 0.0898. The van der Waals surface area contributed by atoms with Gasteiger partial charge in [-0.25, -0.2) is 0 Å². The molecule has 0 unspecified atom stereocenters. The third-order valence-corrected chi connectivity index (χ3v) is 5.76. The van der Waals surface area contributed by atoms with Crippen molar-refractivity contribution in [3.05, 3.63) is 18.3 Å². The van der Waals surface area contributed by atoms with Gasteiger partial charge in [0.1, 0.15) is 12.4 Å². The second-order valence-corrected chi connectivity index (χ2v) is 13.0. The van der Waals surface area contributed by atoms with Crippen LogP contribution >= 0.6 is 0 Å². The van der Waals surface area contributed by atoms with Crippen LogP contribution in [0, 0.1) is 0 Å². The molecule has 3 rings (SSSR count). The number of hydrogen-bond acceptors (Lipinski definition) is 4. The zero-order chi connectivity index (χ0) is 16.3. The van der Waals surface area contributed by atoms with E-state index >= 15 is 0 Å². The van der Waals surface area contributed by atoms with E-state index in [1.54, 1.807) is 0 Å². The monoisotopic (exact) mass is 333 g/mol. The first-order valence-corrected chi connectivity index (χ1v) is 12.2. The van der Waals surface area contributed by atoms with Gasteiger partial charge in [0.2, 0.25) is 5.88 Å². The molecule has 1 N–H and O–H groups in total. The molecule has 1 aliphatic heterocycles. The fourth-order valence-corrected chi connectivity index (χ4v) is 3.35. The van der Waals surface area contributed by atoms with Crippen LogP contribution in [-0.2, 0) is 11.5 Å². The number of anilines is 1. The molecule has 6 heteroatoms. The van der Waals surface area contributed by atoms with Gasteiger partial charge in [-0.15, -0.1) is 0 Å². The minimum absolute atomic E-state index is 0.549. The average Bonchev–Trinajstić information content (AvgIpc) is 2.84. The Hall–Kier alpha value is -1.53. The first-order valence-electron chi connectivity index (χ1n) is 8.47. The van der Waals surface area contributed by atoms with Gasteiger partial charge < -0.3 is 19.4 Å². The highest BCUT2D eigenvalue weighted by molar-refractivity contribution is 6.76. The van der Waals surface area contributed by atoms with Crippen molar-refractivity contribution < 1.29 is 9.47 Å². The number of aromatic nitrogens is 2. The Bertz CT molecular complexity index is 664. The van der Waals surface area contributed by atoms with Crippen molar-refractivity contribution in [3.8, 4) is 5.88 Å². The standard InChI is InChI=1S/C17H27N3O2Si/c1-23(2,3)11-10-21-13-20-8-6-14-12-15-17(19-16(14)20)22-9-5-4-7-18-15/h6,8,12,18H,4-5,7,9-11,13H2,1-3H3. The predicted molar refractivity (Wildman–Crippen MR) is 97.1 cm³/mol. The van der Waals surface area contributed by atoms with Gasteiger partial charge in [0.25, 0.3) is 0 Å². The van der Waals surface area contributed by atoms with E-state index in [0.717, 1.165) is 49.3 Å². The van der Waals surface area contributed by atoms with Gasteiger partial charge in [-0.1, -0.05) is 19.6 Å². The molecule has 0 saturated carbocycles. The highest BCUT2D eigenvalue weighted by Gasteiger charge is 2.14. The maximum atomic E-state index is 5.85. The lowest BCUT2D eigenvalue weighted by atomic mass is 10.2. The summed E-state index contributed by atoms with van der Waals surface area (Å²) in [7, 11) is -1.04. The molecular formula is C17H27N3O2Si. The van der Waals surface area contributed by atoms with Gasteiger partial charge >= 0.3 is 0 Å². The van der Waals surface area contributed by atoms with E-state index in [2.05, 4.69) is 41.7 Å². The predicted octanol–water partition coefficient (Wildman–Crippen LogP) is 3.93. The third kappa shape index (κ3) is 4.26. The molecule has 0 saturated heterocycles. The topological polar surface area (TPSA) is 48.3 Å². The zero-order valence-electron chi connectivity index (χ0n) is 14.4. The molecule has 0 radical (unpaired) electrons. The Kier molecular flexibility index (Phi) is 4.92. The summed E-state index contributed by atoms with van der Waals surface area (Å²) >= 11 is 0. The minimum Gasteiger partial charge on any atom is -0.476 e. The van der Waals surface area contributed by atoms with Crippen molar-refractivity contribution in [1.82, 2.24) is 9.55 Å². The van der Waals surface area contributed by atoms with Crippen LogP contribution in [0.4, 0.5) is 5.69 Å². The molecular weight excluding hydrogens is 306 g/mol. The Morgan fingerprint density at radius 2 is 2.22 bits per heavy atom. The van der Waals surface area contributed by atoms with Gasteiger partial charge in [0.15, 0.2) is 0 Å². The molecule has 5 nitrogen and oxygen atoms in total. The van der Waals surface area contributed by atoms with Crippen LogP contribution < -0.4 is 10.1 Å². The lowest BCUT2D eigenvalue weighted by Crippen LogP contribution is -2.22. The fraction of sp³-hybridized carbons (Fsp3) is 0.588. The molecule has 0 atom stereocenters. The van der Waals surface area contributed by atoms with E-state index in [9.17, 15) is 0 Å². The number of ether oxygens (including phenoxy) is 2. The summed E-state index contributed by atoms with van der Waals surface area (Å²) in [6, 6.07) is 5.40. The van der Waals surface area contributed by atoms with E-state index in [-0.39, 0.29) is 0 Å². The summed E-state index contributed by atoms with van der Waals surface area (Å²) in [4.78, 5) is 4.71. The van der Waals surface area contributed by atoms with Gasteiger partial charge in [-0.2, -0.15) is 4.98 Å². The summed E-state index contributed by atoms with van der Waals surface area (Å²) in [6.07, 6.45) is 4.23. The van der Waals surface area contributed by atoms with E-state index in [1.807, 2.05) is 6.20 Å². The normalized spacial score (nSPS) is 15.4. The van der Waals surface area contributed by atoms with Crippen molar-refractivity contribution in [2.45, 2.75) is 45.3 Å². The minimum atomic E-state index is -1.04. The second-order valence-electron chi connectivity index (χ2n) is 7.37. The van der Waals surface area contributed by atoms with Gasteiger partial charge in [0.05, 0.1) is 12.3 Å². The van der Waals surface area contributed by atoms with Crippen LogP contribution in [0.1, 0.15) is 12.8 Å². The fourth-order valence-electron chi connectivity index (χ4n) is 2.60. The van der Waals surface area contributed by atoms with Crippen molar-refractivity contribution in [1.29, 1.82) is 0 Å². The summed E-state index contributed by atoms with van der Waals surface area (Å²) < 4.78 is 13.7. The molecule has 0 bridgehead atoms. The summed E-state index contributed by atoms with van der Waals surface area (Å²) in [5, 5.41) is 4.53. The second kappa shape index (κ2) is 6.92. The van der Waals surface area contributed by atoms with Crippen LogP contribution in [-0.4, -0.2) is 37.4 Å². The maximum Gasteiger partial charge on any atom is 0.239 e. The molecule has 23 heavy (non-hydrogen) atoms. The molecule has 0 aliphatic carbocycles. The molecule has 0 spiro atoms. The smallest absolute Gasteiger partial charge is 0.239 e. The van der Waals surface area contributed by atoms with Crippen molar-refractivity contribution >= 4 is 24.8 Å². The van der Waals surface area contributed by atoms with Crippen molar-refractivity contribution in [2.75, 3.05) is 25.1 Å². The van der Waals surface area contributed by atoms with Crippen LogP contribution in [0.25, 0.3) is 11.0 Å². The molecule has 126 valence electrons. The third-order valence-electron chi connectivity index (χ3n) is 4.05. The maximum absolute atomic E-state index is 5.85. The van der Waals surface area contributed by atoms with Crippen LogP contribution in [0.15, 0.2) is 18.3 Å². The van der Waals surface area contributed by atoms with E-state index in [1.165, 1.54) is 6.04 Å². The molecule has 0 fully saturated rings. The number of rotatable bonds is 5. The first kappa shape index (κ1) is 16.3. The van der Waals surface area contributed by atoms with Gasteiger partial charge in [-0.05, 0) is 31.0 Å². The zero-order valence-corrected chi connectivity index (χ0v) is 15.4. The number of hydrogen-bond donors (Lipinski definition) is 1. The molecule has 0 amide bonds. The number of nitrogens with one attached hydrogen (secondary N) is 1. The van der Waals surface area contributed by atoms with Crippen LogP contribution in [0.5, 0.6) is 5.88 Å². The Morgan fingerprint density at radius 3 is 3.04 bits per heavy atom. The lowest BCUT2D eigenvalue weighted by Gasteiger charge is -2.17. The van der Waals surface area contributed by atoms with Crippen molar-refractivity contribution in [2.24, 2.45) is 0 Å².